The van der Waals surface area contributed by atoms with Crippen molar-refractivity contribution in [2.24, 2.45) is 0 Å². The van der Waals surface area contributed by atoms with E-state index in [-0.39, 0.29) is 35.9 Å². The molecule has 3 amide bonds. The number of likely N-dealkylation sites (N-methyl/N-ethyl adjacent to an activating group) is 1. The number of aromatic nitrogens is 1. The molecule has 1 aromatic heterocycles. The highest BCUT2D eigenvalue weighted by atomic mass is 19.1. The smallest absolute Gasteiger partial charge is 0.320 e. The number of amides is 3. The summed E-state index contributed by atoms with van der Waals surface area (Å²) in [5, 5.41) is 6.78. The third-order valence-electron chi connectivity index (χ3n) is 9.72. The molecule has 4 aliphatic heterocycles. The van der Waals surface area contributed by atoms with Crippen LogP contribution in [0, 0.1) is 5.82 Å². The summed E-state index contributed by atoms with van der Waals surface area (Å²) in [6.45, 7) is 8.49. The van der Waals surface area contributed by atoms with Crippen LogP contribution >= 0.6 is 0 Å². The van der Waals surface area contributed by atoms with Crippen molar-refractivity contribution < 1.29 is 18.7 Å². The number of piperazine rings is 1. The van der Waals surface area contributed by atoms with E-state index >= 15 is 0 Å². The number of urea groups is 1. The van der Waals surface area contributed by atoms with Gasteiger partial charge in [0.15, 0.2) is 5.72 Å². The fourth-order valence-electron chi connectivity index (χ4n) is 7.37. The van der Waals surface area contributed by atoms with E-state index in [1.165, 1.54) is 6.07 Å². The predicted octanol–water partition coefficient (Wildman–Crippen LogP) is 3.95. The van der Waals surface area contributed by atoms with Gasteiger partial charge in [-0.15, -0.1) is 0 Å². The highest BCUT2D eigenvalue weighted by Gasteiger charge is 2.41. The molecule has 4 aliphatic rings. The van der Waals surface area contributed by atoms with Gasteiger partial charge < -0.3 is 35.0 Å². The molecule has 0 aliphatic carbocycles. The van der Waals surface area contributed by atoms with Gasteiger partial charge in [-0.05, 0) is 82.1 Å². The number of nitrogens with one attached hydrogen (secondary N) is 2. The molecule has 2 aromatic rings. The van der Waals surface area contributed by atoms with Crippen LogP contribution in [0.1, 0.15) is 56.7 Å². The summed E-state index contributed by atoms with van der Waals surface area (Å²) in [5.41, 5.74) is 1.85. The largest absolute Gasteiger partial charge is 0.363 e. The number of rotatable bonds is 8. The quantitative estimate of drug-likeness (QED) is 0.456. The van der Waals surface area contributed by atoms with Gasteiger partial charge in [-0.3, -0.25) is 9.78 Å². The van der Waals surface area contributed by atoms with E-state index in [1.54, 1.807) is 24.5 Å². The summed E-state index contributed by atoms with van der Waals surface area (Å²) in [6, 6.07) is 10.3. The lowest BCUT2D eigenvalue weighted by molar-refractivity contribution is -0.120. The minimum Gasteiger partial charge on any atom is -0.363 e. The summed E-state index contributed by atoms with van der Waals surface area (Å²) >= 11 is 0. The minimum absolute atomic E-state index is 0.00669. The monoisotopic (exact) mass is 631 g/mol. The molecule has 0 saturated carbocycles. The summed E-state index contributed by atoms with van der Waals surface area (Å²) in [4.78, 5) is 40.7. The van der Waals surface area contributed by atoms with E-state index in [1.807, 2.05) is 47.1 Å². The normalized spacial score (nSPS) is 26.9. The number of allylic oxidation sites excluding steroid dienone is 1. The molecule has 0 radical (unpaired) electrons. The highest BCUT2D eigenvalue weighted by molar-refractivity contribution is 5.95. The van der Waals surface area contributed by atoms with Crippen LogP contribution in [0.2, 0.25) is 0 Å². The number of likely N-dealkylation sites (tertiary alicyclic amines) is 2. The maximum absolute atomic E-state index is 14.1. The Morgan fingerprint density at radius 3 is 2.70 bits per heavy atom. The van der Waals surface area contributed by atoms with E-state index in [2.05, 4.69) is 39.4 Å². The van der Waals surface area contributed by atoms with Crippen LogP contribution in [0.5, 0.6) is 0 Å². The first-order valence-corrected chi connectivity index (χ1v) is 16.6. The molecule has 3 saturated heterocycles. The molecule has 1 unspecified atom stereocenters. The van der Waals surface area contributed by atoms with Crippen molar-refractivity contribution in [1.82, 2.24) is 35.2 Å². The Hall–Kier alpha value is -3.96. The van der Waals surface area contributed by atoms with Crippen molar-refractivity contribution in [3.63, 3.8) is 0 Å². The Bertz CT molecular complexity index is 1470. The number of benzene rings is 1. The molecule has 6 rings (SSSR count). The Morgan fingerprint density at radius 2 is 1.98 bits per heavy atom. The number of pyridine rings is 1. The van der Waals surface area contributed by atoms with Crippen LogP contribution in [0.25, 0.3) is 0 Å². The fraction of sp³-hybridized carbons (Fsp3) is 0.514. The molecular formula is C35H46FN7O3. The Morgan fingerprint density at radius 1 is 1.11 bits per heavy atom. The number of carbonyl (C=O) groups is 2. The van der Waals surface area contributed by atoms with Crippen molar-refractivity contribution in [2.75, 3.05) is 52.9 Å². The SMILES string of the molecule is CCOC1(c2cccnc2)C=CC(N2CCN(C(=O)N3CCC[C@H]3c3cccc(F)c3)C[C@H]2CC)=C(C(=O)N[C@@H]2CCN(C)C2)N1. The number of nitrogens with zero attached hydrogens (tertiary/aromatic N) is 5. The second-order valence-corrected chi connectivity index (χ2v) is 12.7. The van der Waals surface area contributed by atoms with Crippen molar-refractivity contribution in [3.05, 3.63) is 89.3 Å². The Kier molecular flexibility index (Phi) is 9.60. The lowest BCUT2D eigenvalue weighted by Gasteiger charge is -2.46. The summed E-state index contributed by atoms with van der Waals surface area (Å²) < 4.78 is 20.4. The Labute approximate surface area is 271 Å². The lowest BCUT2D eigenvalue weighted by Crippen LogP contribution is -2.58. The van der Waals surface area contributed by atoms with Gasteiger partial charge in [-0.1, -0.05) is 25.1 Å². The third-order valence-corrected chi connectivity index (χ3v) is 9.72. The minimum atomic E-state index is -1.05. The van der Waals surface area contributed by atoms with Gasteiger partial charge in [0.05, 0.1) is 11.7 Å². The first-order chi connectivity index (χ1) is 22.3. The fourth-order valence-corrected chi connectivity index (χ4v) is 7.37. The van der Waals surface area contributed by atoms with Crippen molar-refractivity contribution in [1.29, 1.82) is 0 Å². The van der Waals surface area contributed by atoms with Crippen LogP contribution < -0.4 is 10.6 Å². The molecule has 246 valence electrons. The van der Waals surface area contributed by atoms with Crippen LogP contribution in [0.15, 0.2) is 72.3 Å². The predicted molar refractivity (Wildman–Crippen MR) is 174 cm³/mol. The molecule has 4 atom stereocenters. The topological polar surface area (TPSA) is 93.3 Å². The standard InChI is InChI=1S/C35H46FN7O3/c1-4-29-24-41(34(45)43-17-8-12-30(43)25-9-6-11-27(36)21-25)19-20-42(29)31-13-15-35(46-5-2,26-10-7-16-37-22-26)39-32(31)33(44)38-28-14-18-40(3)23-28/h6-7,9-11,13,15-16,21-22,28-30,39H,4-5,8,12,14,17-20,23-24H2,1-3H3,(H,38,44)/t28-,29-,30+,35?/m1/s1. The van der Waals surface area contributed by atoms with Crippen LogP contribution in [0.4, 0.5) is 9.18 Å². The van der Waals surface area contributed by atoms with Gasteiger partial charge in [-0.2, -0.15) is 0 Å². The molecule has 0 spiro atoms. The molecule has 1 aromatic carbocycles. The van der Waals surface area contributed by atoms with Gasteiger partial charge in [0, 0.05) is 69.4 Å². The van der Waals surface area contributed by atoms with E-state index in [4.69, 9.17) is 4.74 Å². The zero-order valence-electron chi connectivity index (χ0n) is 27.1. The summed E-state index contributed by atoms with van der Waals surface area (Å²) in [6.07, 6.45) is 10.8. The summed E-state index contributed by atoms with van der Waals surface area (Å²) in [5.74, 6) is -0.452. The molecule has 11 heteroatoms. The van der Waals surface area contributed by atoms with E-state index in [0.717, 1.165) is 55.6 Å². The van der Waals surface area contributed by atoms with E-state index < -0.39 is 5.72 Å². The van der Waals surface area contributed by atoms with Gasteiger partial charge in [0.2, 0.25) is 0 Å². The van der Waals surface area contributed by atoms with Gasteiger partial charge >= 0.3 is 6.03 Å². The average molecular weight is 632 g/mol. The van der Waals surface area contributed by atoms with Crippen molar-refractivity contribution in [2.45, 2.75) is 63.4 Å². The first kappa shape index (κ1) is 32.0. The number of carbonyl (C=O) groups excluding carboxylic acids is 2. The van der Waals surface area contributed by atoms with Gasteiger partial charge in [0.25, 0.3) is 5.91 Å². The number of ether oxygens (including phenoxy) is 1. The highest BCUT2D eigenvalue weighted by Crippen LogP contribution is 2.36. The van der Waals surface area contributed by atoms with Crippen LogP contribution in [-0.2, 0) is 15.3 Å². The average Bonchev–Trinajstić information content (AvgIpc) is 3.74. The van der Waals surface area contributed by atoms with Gasteiger partial charge in [-0.25, -0.2) is 9.18 Å². The Balaban J connectivity index is 1.26. The molecule has 0 bridgehead atoms. The van der Waals surface area contributed by atoms with Crippen LogP contribution in [0.3, 0.4) is 0 Å². The van der Waals surface area contributed by atoms with E-state index in [0.29, 0.717) is 38.5 Å². The third kappa shape index (κ3) is 6.48. The first-order valence-electron chi connectivity index (χ1n) is 16.6. The maximum Gasteiger partial charge on any atom is 0.320 e. The molecule has 10 nitrogen and oxygen atoms in total. The van der Waals surface area contributed by atoms with Crippen LogP contribution in [-0.4, -0.2) is 102 Å². The molecular weight excluding hydrogens is 585 g/mol. The molecule has 5 heterocycles. The number of halogens is 1. The maximum atomic E-state index is 14.1. The number of hydrogen-bond acceptors (Lipinski definition) is 7. The zero-order chi connectivity index (χ0) is 32.3. The molecule has 46 heavy (non-hydrogen) atoms. The van der Waals surface area contributed by atoms with Gasteiger partial charge in [0.1, 0.15) is 11.5 Å². The summed E-state index contributed by atoms with van der Waals surface area (Å²) in [7, 11) is 2.07. The molecule has 2 N–H and O–H groups in total. The van der Waals surface area contributed by atoms with E-state index in [9.17, 15) is 14.0 Å². The second kappa shape index (κ2) is 13.8. The molecule has 3 fully saturated rings. The second-order valence-electron chi connectivity index (χ2n) is 12.7. The lowest BCUT2D eigenvalue weighted by atomic mass is 9.97. The van der Waals surface area contributed by atoms with Crippen molar-refractivity contribution >= 4 is 11.9 Å². The number of dihydropyridines is 1. The number of hydrogen-bond donors (Lipinski definition) is 2. The zero-order valence-corrected chi connectivity index (χ0v) is 27.1. The van der Waals surface area contributed by atoms with Crippen molar-refractivity contribution in [3.8, 4) is 0 Å².